The van der Waals surface area contributed by atoms with Gasteiger partial charge in [0.05, 0.1) is 42.7 Å². The van der Waals surface area contributed by atoms with Crippen LogP contribution in [0.25, 0.3) is 43.4 Å². The Morgan fingerprint density at radius 1 is 0.714 bits per heavy atom. The zero-order valence-electron chi connectivity index (χ0n) is 36.6. The summed E-state index contributed by atoms with van der Waals surface area (Å²) in [7, 11) is 1.46. The minimum absolute atomic E-state index is 0.00185. The number of methoxy groups -OCH3 is 1. The van der Waals surface area contributed by atoms with Gasteiger partial charge >= 0.3 is 5.97 Å². The molecule has 20 nitrogen and oxygen atoms in total. The molecule has 70 heavy (non-hydrogen) atoms. The average Bonchev–Trinajstić information content (AvgIpc) is 4.22. The Balaban J connectivity index is 1.07. The van der Waals surface area contributed by atoms with E-state index in [0.717, 1.165) is 16.9 Å². The van der Waals surface area contributed by atoms with Crippen LogP contribution in [0.15, 0.2) is 64.0 Å². The number of amides is 5. The summed E-state index contributed by atoms with van der Waals surface area (Å²) < 4.78 is 5.32. The second-order valence-electron chi connectivity index (χ2n) is 15.1. The van der Waals surface area contributed by atoms with E-state index in [1.54, 1.807) is 29.8 Å². The molecule has 1 atom stereocenters. The van der Waals surface area contributed by atoms with Gasteiger partial charge in [0.25, 0.3) is 17.7 Å². The summed E-state index contributed by atoms with van der Waals surface area (Å²) in [6.07, 6.45) is -0.142. The number of benzene rings is 1. The number of carbonyl (C=O) groups is 6. The van der Waals surface area contributed by atoms with Gasteiger partial charge in [-0.25, -0.2) is 34.9 Å². The van der Waals surface area contributed by atoms with Crippen molar-refractivity contribution in [2.75, 3.05) is 24.3 Å². The molecular weight excluding hydrogens is 1020 g/mol. The molecule has 9 rings (SSSR count). The first kappa shape index (κ1) is 48.0. The zero-order valence-corrected chi connectivity index (χ0v) is 41.5. The van der Waals surface area contributed by atoms with E-state index < -0.39 is 41.5 Å². The molecule has 26 heteroatoms. The highest BCUT2D eigenvalue weighted by Crippen LogP contribution is 2.38. The number of carboxylic acid groups (broad SMARTS) is 1. The fourth-order valence-corrected chi connectivity index (χ4v) is 11.9. The van der Waals surface area contributed by atoms with Crippen LogP contribution < -0.4 is 26.6 Å². The minimum Gasteiger partial charge on any atom is -0.481 e. The molecule has 8 heterocycles. The maximum atomic E-state index is 13.6. The van der Waals surface area contributed by atoms with Gasteiger partial charge in [-0.2, -0.15) is 0 Å². The normalized spacial score (nSPS) is 14.3. The van der Waals surface area contributed by atoms with Crippen LogP contribution in [-0.4, -0.2) is 89.2 Å². The summed E-state index contributed by atoms with van der Waals surface area (Å²) in [5.74, 6) is -3.49. The number of aryl methyl sites for hydroxylation is 1. The smallest absolute Gasteiger partial charge is 0.303 e. The summed E-state index contributed by atoms with van der Waals surface area (Å²) >= 11 is 7.41. The summed E-state index contributed by atoms with van der Waals surface area (Å²) in [4.78, 5) is 112. The third kappa shape index (κ3) is 11.2. The Hall–Kier alpha value is -7.07. The van der Waals surface area contributed by atoms with Crippen LogP contribution in [0, 0.1) is 6.92 Å². The number of anilines is 2. The molecule has 0 spiro atoms. The number of aliphatic carboxylic acids is 1. The number of carboxylic acids is 1. The predicted molar refractivity (Wildman–Crippen MR) is 266 cm³/mol. The Labute approximate surface area is 420 Å². The van der Waals surface area contributed by atoms with Crippen molar-refractivity contribution in [2.45, 2.75) is 45.4 Å². The first-order valence-corrected chi connectivity index (χ1v) is 26.0. The molecule has 5 amide bonds. The highest BCUT2D eigenvalue weighted by Gasteiger charge is 2.26. The van der Waals surface area contributed by atoms with E-state index in [-0.39, 0.29) is 60.6 Å². The number of aromatic nitrogens is 7. The summed E-state index contributed by atoms with van der Waals surface area (Å²) in [5, 5.41) is 32.5. The van der Waals surface area contributed by atoms with Crippen LogP contribution in [-0.2, 0) is 38.7 Å². The lowest BCUT2D eigenvalue weighted by atomic mass is 10.1. The van der Waals surface area contributed by atoms with Crippen LogP contribution in [0.4, 0.5) is 10.9 Å². The standard InChI is InChI=1S/C44H36N12O8S6/c1-20-34-39(63)56-44-55-36(28(70-44)15-64-2)38(62)45-13-31(58)47-24(12-21-6-4-3-5-7-21)42-51-27(18-67-42)43-49-25(16-66-43)35-22(40-50-26(17-65-40)37(61)46-14-32(54-34)69-20)8-9-23(48-35)41-53-29(19-68-41)52-30(57)10-11-33(59)60/h3-9,16-19,24H,10-15H2,1-2H3,(H,45,62)(H,46,61)(H,47,58)(H,52,57)(H,59,60)(H,55,56,63)/t24-/m0/s1. The van der Waals surface area contributed by atoms with Crippen LogP contribution >= 0.6 is 68.0 Å². The number of hydrogen-bond donors (Lipinski definition) is 6. The highest BCUT2D eigenvalue weighted by atomic mass is 32.1. The number of fused-ring (bicyclic) bond motifs is 14. The van der Waals surface area contributed by atoms with Crippen molar-refractivity contribution in [1.82, 2.24) is 50.8 Å². The molecule has 7 aromatic heterocycles. The third-order valence-electron chi connectivity index (χ3n) is 10.1. The van der Waals surface area contributed by atoms with Crippen LogP contribution in [0.3, 0.4) is 0 Å². The molecule has 0 saturated heterocycles. The second kappa shape index (κ2) is 21.3. The zero-order chi connectivity index (χ0) is 48.9. The summed E-state index contributed by atoms with van der Waals surface area (Å²) in [5.41, 5.74) is 3.66. The molecular formula is C44H36N12O8S6. The number of hydrogen-bond acceptors (Lipinski definition) is 20. The molecule has 8 aromatic rings. The van der Waals surface area contributed by atoms with Gasteiger partial charge in [-0.3, -0.25) is 34.1 Å². The van der Waals surface area contributed by atoms with Gasteiger partial charge in [0.2, 0.25) is 11.8 Å². The van der Waals surface area contributed by atoms with Crippen molar-refractivity contribution in [3.8, 4) is 43.4 Å². The molecule has 0 unspecified atom stereocenters. The Morgan fingerprint density at radius 2 is 1.46 bits per heavy atom. The topological polar surface area (TPSA) is 282 Å². The molecule has 1 aliphatic heterocycles. The summed E-state index contributed by atoms with van der Waals surface area (Å²) in [6.45, 7) is 1.36. The van der Waals surface area contributed by atoms with Crippen molar-refractivity contribution in [3.63, 3.8) is 0 Å². The van der Waals surface area contributed by atoms with E-state index >= 15 is 0 Å². The second-order valence-corrected chi connectivity index (χ2v) is 20.9. The predicted octanol–water partition coefficient (Wildman–Crippen LogP) is 7.07. The molecule has 6 N–H and O–H groups in total. The number of rotatable bonds is 9. The van der Waals surface area contributed by atoms with Crippen LogP contribution in [0.1, 0.15) is 75.7 Å². The van der Waals surface area contributed by atoms with E-state index in [9.17, 15) is 28.8 Å². The van der Waals surface area contributed by atoms with Crippen LogP contribution in [0.5, 0.6) is 0 Å². The number of ether oxygens (including phenoxy) is 1. The third-order valence-corrected chi connectivity index (χ3v) is 15.6. The van der Waals surface area contributed by atoms with Gasteiger partial charge in [0.15, 0.2) is 5.13 Å². The molecule has 0 radical (unpaired) electrons. The fourth-order valence-electron chi connectivity index (χ4n) is 6.86. The Bertz CT molecular complexity index is 3280. The summed E-state index contributed by atoms with van der Waals surface area (Å²) in [6, 6.07) is 12.5. The molecule has 1 aliphatic rings. The molecule has 10 bridgehead atoms. The minimum atomic E-state index is -1.09. The van der Waals surface area contributed by atoms with Gasteiger partial charge in [0.1, 0.15) is 65.0 Å². The maximum Gasteiger partial charge on any atom is 0.303 e. The SMILES string of the molecule is COCc1sc2nc1C(=O)NCC(=O)N[C@@H](Cc1ccccc1)c1nc(cs1)-c1nc(cs1)-c1nc(-c3nc(NC(=O)CCC(=O)O)cs3)ccc1-c1nc(cs1)C(=O)NCc1nc(c(C)s1)C(=O)N2. The number of nitrogens with one attached hydrogen (secondary N) is 5. The number of nitrogens with zero attached hydrogens (tertiary/aromatic N) is 7. The number of thiazole rings is 6. The van der Waals surface area contributed by atoms with Gasteiger partial charge in [0, 0.05) is 45.5 Å². The van der Waals surface area contributed by atoms with Gasteiger partial charge in [-0.1, -0.05) is 41.7 Å². The first-order valence-electron chi connectivity index (χ1n) is 20.9. The lowest BCUT2D eigenvalue weighted by molar-refractivity contribution is -0.138. The Morgan fingerprint density at radius 3 is 2.27 bits per heavy atom. The van der Waals surface area contributed by atoms with Crippen molar-refractivity contribution >= 4 is 114 Å². The van der Waals surface area contributed by atoms with E-state index in [4.69, 9.17) is 29.8 Å². The van der Waals surface area contributed by atoms with Crippen molar-refractivity contribution in [2.24, 2.45) is 0 Å². The van der Waals surface area contributed by atoms with Gasteiger partial charge < -0.3 is 31.1 Å². The molecule has 1 aromatic carbocycles. The number of carbonyl (C=O) groups excluding carboxylic acids is 5. The molecule has 356 valence electrons. The quantitative estimate of drug-likeness (QED) is 0.0843. The first-order chi connectivity index (χ1) is 33.9. The molecule has 0 aliphatic carbocycles. The van der Waals surface area contributed by atoms with Gasteiger partial charge in [-0.15, -0.1) is 56.7 Å². The lowest BCUT2D eigenvalue weighted by Gasteiger charge is -2.17. The van der Waals surface area contributed by atoms with Gasteiger partial charge in [-0.05, 0) is 31.0 Å². The monoisotopic (exact) mass is 1050 g/mol. The van der Waals surface area contributed by atoms with Crippen LogP contribution in [0.2, 0.25) is 0 Å². The maximum absolute atomic E-state index is 13.6. The van der Waals surface area contributed by atoms with E-state index in [0.29, 0.717) is 69.6 Å². The van der Waals surface area contributed by atoms with Crippen molar-refractivity contribution in [3.05, 3.63) is 106 Å². The average molecular weight is 1050 g/mol. The molecule has 0 saturated carbocycles. The van der Waals surface area contributed by atoms with Crippen molar-refractivity contribution in [1.29, 1.82) is 0 Å². The lowest BCUT2D eigenvalue weighted by Crippen LogP contribution is -2.39. The fraction of sp³-hybridized carbons (Fsp3) is 0.205. The Kier molecular flexibility index (Phi) is 14.6. The van der Waals surface area contributed by atoms with Crippen molar-refractivity contribution < 1.29 is 38.6 Å². The van der Waals surface area contributed by atoms with E-state index in [2.05, 4.69) is 41.5 Å². The molecule has 0 fully saturated rings. The largest absolute Gasteiger partial charge is 0.481 e. The number of pyridine rings is 1. The highest BCUT2D eigenvalue weighted by molar-refractivity contribution is 7.16. The van der Waals surface area contributed by atoms with E-state index in [1.807, 2.05) is 41.1 Å². The van der Waals surface area contributed by atoms with E-state index in [1.165, 1.54) is 63.8 Å².